The van der Waals surface area contributed by atoms with Gasteiger partial charge in [-0.3, -0.25) is 14.4 Å². The molecule has 0 radical (unpaired) electrons. The van der Waals surface area contributed by atoms with Gasteiger partial charge in [0.25, 0.3) is 0 Å². The third-order valence-electron chi connectivity index (χ3n) is 5.21. The van der Waals surface area contributed by atoms with Gasteiger partial charge < -0.3 is 33.2 Å². The van der Waals surface area contributed by atoms with Crippen LogP contribution >= 0.6 is 0 Å². The number of rotatable bonds is 11. The zero-order valence-electron chi connectivity index (χ0n) is 21.9. The predicted octanol–water partition coefficient (Wildman–Crippen LogP) is 2.49. The number of benzene rings is 1. The number of allylic oxidation sites excluding steroid dienone is 1. The molecule has 0 aromatic heterocycles. The molecule has 1 aliphatic heterocycles. The highest BCUT2D eigenvalue weighted by atomic mass is 16.7. The smallest absolute Gasteiger partial charge is 0.338 e. The Morgan fingerprint density at radius 1 is 0.865 bits per heavy atom. The van der Waals surface area contributed by atoms with Crippen LogP contribution in [0.4, 0.5) is 0 Å². The lowest BCUT2D eigenvalue weighted by Crippen LogP contribution is -2.62. The van der Waals surface area contributed by atoms with Gasteiger partial charge in [0, 0.05) is 27.9 Å². The summed E-state index contributed by atoms with van der Waals surface area (Å²) in [5.74, 6) is -2.78. The molecule has 1 fully saturated rings. The fraction of sp³-hybridized carbons (Fsp3) is 0.538. The Kier molecular flexibility index (Phi) is 11.7. The molecule has 1 heterocycles. The fourth-order valence-electron chi connectivity index (χ4n) is 3.65. The van der Waals surface area contributed by atoms with Crippen molar-refractivity contribution in [3.63, 3.8) is 0 Å². The van der Waals surface area contributed by atoms with Crippen LogP contribution in [0.1, 0.15) is 50.5 Å². The molecule has 11 heteroatoms. The Bertz CT molecular complexity index is 982. The van der Waals surface area contributed by atoms with E-state index in [4.69, 9.17) is 33.2 Å². The maximum Gasteiger partial charge on any atom is 0.338 e. The van der Waals surface area contributed by atoms with Gasteiger partial charge in [0.1, 0.15) is 12.7 Å². The molecule has 1 saturated heterocycles. The van der Waals surface area contributed by atoms with Crippen molar-refractivity contribution in [1.82, 2.24) is 0 Å². The first kappa shape index (κ1) is 29.9. The third-order valence-corrected chi connectivity index (χ3v) is 5.21. The van der Waals surface area contributed by atoms with Gasteiger partial charge in [-0.25, -0.2) is 4.79 Å². The number of esters is 4. The Hall–Kier alpha value is -3.28. The summed E-state index contributed by atoms with van der Waals surface area (Å²) in [4.78, 5) is 48.3. The van der Waals surface area contributed by atoms with Gasteiger partial charge in [-0.15, -0.1) is 0 Å². The molecule has 5 atom stereocenters. The first-order chi connectivity index (χ1) is 17.5. The second-order valence-electron chi connectivity index (χ2n) is 8.55. The topological polar surface area (TPSA) is 133 Å². The molecule has 0 N–H and O–H groups in total. The van der Waals surface area contributed by atoms with Gasteiger partial charge in [-0.2, -0.15) is 0 Å². The van der Waals surface area contributed by atoms with Crippen LogP contribution in [0.2, 0.25) is 0 Å². The molecule has 2 rings (SSSR count). The largest absolute Gasteiger partial charge is 0.459 e. The van der Waals surface area contributed by atoms with Gasteiger partial charge in [0.15, 0.2) is 24.6 Å². The zero-order chi connectivity index (χ0) is 27.5. The fourth-order valence-corrected chi connectivity index (χ4v) is 3.65. The number of hydrogen-bond donors (Lipinski definition) is 0. The van der Waals surface area contributed by atoms with E-state index in [2.05, 4.69) is 0 Å². The van der Waals surface area contributed by atoms with Crippen LogP contribution < -0.4 is 0 Å². The number of hydrogen-bond acceptors (Lipinski definition) is 11. The maximum atomic E-state index is 13.0. The highest BCUT2D eigenvalue weighted by Gasteiger charge is 2.52. The molecule has 0 amide bonds. The monoisotopic (exact) mass is 522 g/mol. The van der Waals surface area contributed by atoms with E-state index < -0.39 is 54.6 Å². The number of methoxy groups -OCH3 is 1. The molecule has 0 bridgehead atoms. The van der Waals surface area contributed by atoms with Gasteiger partial charge in [-0.05, 0) is 25.5 Å². The molecular weight excluding hydrogens is 488 g/mol. The highest BCUT2D eigenvalue weighted by Crippen LogP contribution is 2.29. The van der Waals surface area contributed by atoms with Crippen LogP contribution in [0.25, 0.3) is 0 Å². The summed E-state index contributed by atoms with van der Waals surface area (Å²) in [6, 6.07) is 6.82. The maximum absolute atomic E-state index is 13.0. The second-order valence-corrected chi connectivity index (χ2v) is 8.55. The molecular formula is C26H34O11. The first-order valence-electron chi connectivity index (χ1n) is 11.7. The van der Waals surface area contributed by atoms with E-state index in [9.17, 15) is 19.2 Å². The van der Waals surface area contributed by atoms with Crippen molar-refractivity contribution in [2.24, 2.45) is 0 Å². The van der Waals surface area contributed by atoms with Crippen LogP contribution in [0.5, 0.6) is 0 Å². The van der Waals surface area contributed by atoms with Crippen molar-refractivity contribution in [2.45, 2.75) is 71.9 Å². The van der Waals surface area contributed by atoms with Crippen LogP contribution in [-0.4, -0.2) is 74.9 Å². The van der Waals surface area contributed by atoms with E-state index in [-0.39, 0.29) is 18.8 Å². The number of carbonyl (C=O) groups is 4. The average Bonchev–Trinajstić information content (AvgIpc) is 2.82. The molecule has 0 saturated carbocycles. The standard InChI is InChI=1S/C26H34O11/c1-15(2)11-12-32-13-19-9-7-8-10-20(19)25(30)33-14-21-22(34-16(3)27)23(35-17(4)28)24(36-18(5)29)26(31-6)37-21/h7-11,21-24,26H,12-14H2,1-6H3/t21-,22-,23+,24-,26+/m1/s1. The summed E-state index contributed by atoms with van der Waals surface area (Å²) < 4.78 is 38.2. The molecule has 1 aromatic carbocycles. The van der Waals surface area contributed by atoms with Crippen molar-refractivity contribution >= 4 is 23.9 Å². The van der Waals surface area contributed by atoms with Crippen molar-refractivity contribution in [1.29, 1.82) is 0 Å². The van der Waals surface area contributed by atoms with E-state index in [1.807, 2.05) is 19.9 Å². The lowest BCUT2D eigenvalue weighted by atomic mass is 9.98. The summed E-state index contributed by atoms with van der Waals surface area (Å²) >= 11 is 0. The van der Waals surface area contributed by atoms with Crippen LogP contribution in [0.3, 0.4) is 0 Å². The number of carbonyl (C=O) groups excluding carboxylic acids is 4. The minimum absolute atomic E-state index is 0.190. The van der Waals surface area contributed by atoms with Crippen molar-refractivity contribution in [2.75, 3.05) is 20.3 Å². The van der Waals surface area contributed by atoms with E-state index in [1.54, 1.807) is 24.3 Å². The Morgan fingerprint density at radius 2 is 1.46 bits per heavy atom. The Labute approximate surface area is 215 Å². The number of ether oxygens (including phenoxy) is 7. The van der Waals surface area contributed by atoms with Gasteiger partial charge in [0.2, 0.25) is 0 Å². The molecule has 204 valence electrons. The Morgan fingerprint density at radius 3 is 2.05 bits per heavy atom. The van der Waals surface area contributed by atoms with E-state index in [1.165, 1.54) is 7.11 Å². The highest BCUT2D eigenvalue weighted by molar-refractivity contribution is 5.91. The third kappa shape index (κ3) is 9.27. The van der Waals surface area contributed by atoms with Gasteiger partial charge >= 0.3 is 23.9 Å². The van der Waals surface area contributed by atoms with Gasteiger partial charge in [0.05, 0.1) is 18.8 Å². The van der Waals surface area contributed by atoms with Crippen molar-refractivity contribution in [3.05, 3.63) is 47.0 Å². The minimum Gasteiger partial charge on any atom is -0.459 e. The Balaban J connectivity index is 2.23. The normalized spacial score (nSPS) is 22.9. The lowest BCUT2D eigenvalue weighted by molar-refractivity contribution is -0.301. The molecule has 11 nitrogen and oxygen atoms in total. The molecule has 0 spiro atoms. The van der Waals surface area contributed by atoms with E-state index in [0.717, 1.165) is 26.3 Å². The lowest BCUT2D eigenvalue weighted by Gasteiger charge is -2.43. The molecule has 0 aliphatic carbocycles. The molecule has 37 heavy (non-hydrogen) atoms. The average molecular weight is 523 g/mol. The molecule has 0 unspecified atom stereocenters. The SMILES string of the molecule is CO[C@H]1O[C@H](COC(=O)c2ccccc2COCC=C(C)C)[C@@H](OC(C)=O)[C@H](OC(C)=O)[C@H]1OC(C)=O. The minimum atomic E-state index is -1.27. The summed E-state index contributed by atoms with van der Waals surface area (Å²) in [6.45, 7) is 7.59. The van der Waals surface area contributed by atoms with Gasteiger partial charge in [-0.1, -0.05) is 29.8 Å². The van der Waals surface area contributed by atoms with Crippen molar-refractivity contribution in [3.8, 4) is 0 Å². The summed E-state index contributed by atoms with van der Waals surface area (Å²) in [5.41, 5.74) is 2.02. The summed E-state index contributed by atoms with van der Waals surface area (Å²) in [7, 11) is 1.30. The molecule has 1 aliphatic rings. The van der Waals surface area contributed by atoms with Crippen LogP contribution in [-0.2, 0) is 54.1 Å². The van der Waals surface area contributed by atoms with E-state index >= 15 is 0 Å². The predicted molar refractivity (Wildman–Crippen MR) is 128 cm³/mol. The summed E-state index contributed by atoms with van der Waals surface area (Å²) in [6.07, 6.45) is -4.14. The quantitative estimate of drug-likeness (QED) is 0.184. The zero-order valence-corrected chi connectivity index (χ0v) is 21.9. The van der Waals surface area contributed by atoms with Crippen molar-refractivity contribution < 1.29 is 52.3 Å². The summed E-state index contributed by atoms with van der Waals surface area (Å²) in [5, 5.41) is 0. The second kappa shape index (κ2) is 14.5. The first-order valence-corrected chi connectivity index (χ1v) is 11.7. The van der Waals surface area contributed by atoms with E-state index in [0.29, 0.717) is 12.2 Å². The van der Waals surface area contributed by atoms with Crippen LogP contribution in [0, 0.1) is 0 Å². The molecule has 1 aromatic rings. The van der Waals surface area contributed by atoms with Crippen LogP contribution in [0.15, 0.2) is 35.9 Å².